The van der Waals surface area contributed by atoms with Crippen molar-refractivity contribution >= 4 is 35.1 Å². The fourth-order valence-corrected chi connectivity index (χ4v) is 2.64. The summed E-state index contributed by atoms with van der Waals surface area (Å²) in [6.45, 7) is 4.88. The Bertz CT molecular complexity index is 853. The number of nitrogens with one attached hydrogen (secondary N) is 2. The second-order valence-electron chi connectivity index (χ2n) is 6.63. The molecule has 6 nitrogen and oxygen atoms in total. The number of esters is 1. The first-order valence-electron chi connectivity index (χ1n) is 8.87. The summed E-state index contributed by atoms with van der Waals surface area (Å²) in [5.74, 6) is -1.75. The average Bonchev–Trinajstić information content (AvgIpc) is 2.68. The molecule has 2 aromatic carbocycles. The first-order valence-corrected chi connectivity index (χ1v) is 9.25. The van der Waals surface area contributed by atoms with Crippen LogP contribution in [-0.2, 0) is 14.3 Å². The molecule has 0 aromatic heterocycles. The maximum Gasteiger partial charge on any atom is 0.329 e. The minimum atomic E-state index is -0.867. The minimum absolute atomic E-state index is 0.210. The van der Waals surface area contributed by atoms with Crippen molar-refractivity contribution in [3.05, 3.63) is 64.7 Å². The number of ether oxygens (including phenoxy) is 1. The Morgan fingerprint density at radius 2 is 1.71 bits per heavy atom. The summed E-state index contributed by atoms with van der Waals surface area (Å²) in [5.41, 5.74) is 1.71. The van der Waals surface area contributed by atoms with Gasteiger partial charge in [-0.05, 0) is 42.7 Å². The lowest BCUT2D eigenvalue weighted by molar-refractivity contribution is -0.150. The zero-order valence-electron chi connectivity index (χ0n) is 16.0. The third kappa shape index (κ3) is 5.82. The van der Waals surface area contributed by atoms with Crippen LogP contribution in [0.1, 0.15) is 29.8 Å². The molecule has 0 fully saturated rings. The standard InChI is InChI=1S/C21H23ClN2O4/c1-13(2)19(24-20(26)15-8-5-4-6-9-15)21(27)28-12-18(25)23-17-11-7-10-16(22)14(17)3/h4-11,13,19H,12H2,1-3H3,(H,23,25)(H,24,26)/t19-/m1/s1. The van der Waals surface area contributed by atoms with E-state index in [4.69, 9.17) is 16.3 Å². The highest BCUT2D eigenvalue weighted by Gasteiger charge is 2.26. The summed E-state index contributed by atoms with van der Waals surface area (Å²) in [7, 11) is 0. The Balaban J connectivity index is 1.94. The van der Waals surface area contributed by atoms with E-state index < -0.39 is 24.5 Å². The van der Waals surface area contributed by atoms with Crippen molar-refractivity contribution in [3.8, 4) is 0 Å². The van der Waals surface area contributed by atoms with Crippen LogP contribution in [0.15, 0.2) is 48.5 Å². The van der Waals surface area contributed by atoms with E-state index >= 15 is 0 Å². The van der Waals surface area contributed by atoms with Gasteiger partial charge in [-0.3, -0.25) is 9.59 Å². The van der Waals surface area contributed by atoms with Crippen LogP contribution in [0.2, 0.25) is 5.02 Å². The van der Waals surface area contributed by atoms with E-state index in [0.717, 1.165) is 5.56 Å². The van der Waals surface area contributed by atoms with Crippen molar-refractivity contribution < 1.29 is 19.1 Å². The number of hydrogen-bond acceptors (Lipinski definition) is 4. The molecule has 0 aliphatic heterocycles. The third-order valence-electron chi connectivity index (χ3n) is 4.13. The molecule has 0 aliphatic rings. The first-order chi connectivity index (χ1) is 13.3. The Hall–Kier alpha value is -2.86. The molecule has 2 rings (SSSR count). The van der Waals surface area contributed by atoms with E-state index in [0.29, 0.717) is 16.3 Å². The molecular formula is C21H23ClN2O4. The van der Waals surface area contributed by atoms with Crippen LogP contribution in [-0.4, -0.2) is 30.4 Å². The summed E-state index contributed by atoms with van der Waals surface area (Å²) in [5, 5.41) is 5.84. The van der Waals surface area contributed by atoms with Gasteiger partial charge in [-0.15, -0.1) is 0 Å². The van der Waals surface area contributed by atoms with Crippen molar-refractivity contribution in [2.45, 2.75) is 26.8 Å². The zero-order chi connectivity index (χ0) is 20.7. The number of rotatable bonds is 7. The lowest BCUT2D eigenvalue weighted by Crippen LogP contribution is -2.45. The molecule has 0 saturated carbocycles. The van der Waals surface area contributed by atoms with Crippen LogP contribution in [0.5, 0.6) is 0 Å². The maximum absolute atomic E-state index is 12.4. The molecule has 28 heavy (non-hydrogen) atoms. The largest absolute Gasteiger partial charge is 0.454 e. The molecule has 0 bridgehead atoms. The Morgan fingerprint density at radius 3 is 2.36 bits per heavy atom. The number of carbonyl (C=O) groups is 3. The van der Waals surface area contributed by atoms with Gasteiger partial charge >= 0.3 is 5.97 Å². The normalized spacial score (nSPS) is 11.6. The van der Waals surface area contributed by atoms with E-state index in [-0.39, 0.29) is 11.8 Å². The van der Waals surface area contributed by atoms with E-state index in [1.807, 2.05) is 0 Å². The Kier molecular flexibility index (Phi) is 7.58. The van der Waals surface area contributed by atoms with Crippen LogP contribution in [0, 0.1) is 12.8 Å². The monoisotopic (exact) mass is 402 g/mol. The Morgan fingerprint density at radius 1 is 1.04 bits per heavy atom. The second kappa shape index (κ2) is 9.90. The highest BCUT2D eigenvalue weighted by atomic mass is 35.5. The summed E-state index contributed by atoms with van der Waals surface area (Å²) < 4.78 is 5.11. The SMILES string of the molecule is Cc1c(Cl)cccc1NC(=O)COC(=O)[C@H](NC(=O)c1ccccc1)C(C)C. The van der Waals surface area contributed by atoms with Gasteiger partial charge in [0, 0.05) is 16.3 Å². The van der Waals surface area contributed by atoms with Gasteiger partial charge in [0.15, 0.2) is 6.61 Å². The Labute approximate surface area is 169 Å². The highest BCUT2D eigenvalue weighted by molar-refractivity contribution is 6.31. The minimum Gasteiger partial charge on any atom is -0.454 e. The van der Waals surface area contributed by atoms with Crippen molar-refractivity contribution in [3.63, 3.8) is 0 Å². The number of carbonyl (C=O) groups excluding carboxylic acids is 3. The van der Waals surface area contributed by atoms with Crippen LogP contribution in [0.3, 0.4) is 0 Å². The quantitative estimate of drug-likeness (QED) is 0.693. The first kappa shape index (κ1) is 21.4. The second-order valence-corrected chi connectivity index (χ2v) is 7.04. The fraction of sp³-hybridized carbons (Fsp3) is 0.286. The molecule has 2 aromatic rings. The molecule has 7 heteroatoms. The predicted molar refractivity (Wildman–Crippen MR) is 108 cm³/mol. The number of benzene rings is 2. The van der Waals surface area contributed by atoms with Gasteiger partial charge in [0.2, 0.25) is 0 Å². The lowest BCUT2D eigenvalue weighted by Gasteiger charge is -2.21. The van der Waals surface area contributed by atoms with Crippen LogP contribution in [0.4, 0.5) is 5.69 Å². The van der Waals surface area contributed by atoms with Crippen molar-refractivity contribution in [2.24, 2.45) is 5.92 Å². The van der Waals surface area contributed by atoms with E-state index in [1.165, 1.54) is 0 Å². The lowest BCUT2D eigenvalue weighted by atomic mass is 10.0. The average molecular weight is 403 g/mol. The molecule has 0 saturated heterocycles. The van der Waals surface area contributed by atoms with Crippen molar-refractivity contribution in [2.75, 3.05) is 11.9 Å². The summed E-state index contributed by atoms with van der Waals surface area (Å²) in [4.78, 5) is 36.8. The zero-order valence-corrected chi connectivity index (χ0v) is 16.7. The molecular weight excluding hydrogens is 380 g/mol. The van der Waals surface area contributed by atoms with E-state index in [1.54, 1.807) is 69.3 Å². The molecule has 0 heterocycles. The molecule has 148 valence electrons. The molecule has 1 atom stereocenters. The third-order valence-corrected chi connectivity index (χ3v) is 4.54. The van der Waals surface area contributed by atoms with Gasteiger partial charge in [0.25, 0.3) is 11.8 Å². The summed E-state index contributed by atoms with van der Waals surface area (Å²) in [6.07, 6.45) is 0. The fourth-order valence-electron chi connectivity index (χ4n) is 2.47. The van der Waals surface area contributed by atoms with Crippen molar-refractivity contribution in [1.82, 2.24) is 5.32 Å². The van der Waals surface area contributed by atoms with E-state index in [2.05, 4.69) is 10.6 Å². The summed E-state index contributed by atoms with van der Waals surface area (Å²) >= 11 is 6.02. The van der Waals surface area contributed by atoms with Crippen LogP contribution >= 0.6 is 11.6 Å². The number of halogens is 1. The maximum atomic E-state index is 12.4. The molecule has 0 spiro atoms. The molecule has 2 N–H and O–H groups in total. The van der Waals surface area contributed by atoms with E-state index in [9.17, 15) is 14.4 Å². The van der Waals surface area contributed by atoms with Gasteiger partial charge in [-0.1, -0.05) is 49.7 Å². The van der Waals surface area contributed by atoms with Crippen molar-refractivity contribution in [1.29, 1.82) is 0 Å². The van der Waals surface area contributed by atoms with Gasteiger partial charge in [0.05, 0.1) is 0 Å². The van der Waals surface area contributed by atoms with Gasteiger partial charge < -0.3 is 15.4 Å². The van der Waals surface area contributed by atoms with Crippen LogP contribution < -0.4 is 10.6 Å². The summed E-state index contributed by atoms with van der Waals surface area (Å²) in [6, 6.07) is 12.8. The number of hydrogen-bond donors (Lipinski definition) is 2. The highest BCUT2D eigenvalue weighted by Crippen LogP contribution is 2.22. The topological polar surface area (TPSA) is 84.5 Å². The molecule has 0 radical (unpaired) electrons. The molecule has 0 unspecified atom stereocenters. The number of amides is 2. The predicted octanol–water partition coefficient (Wildman–Crippen LogP) is 3.58. The molecule has 2 amide bonds. The van der Waals surface area contributed by atoms with Gasteiger partial charge in [-0.2, -0.15) is 0 Å². The van der Waals surface area contributed by atoms with Crippen LogP contribution in [0.25, 0.3) is 0 Å². The smallest absolute Gasteiger partial charge is 0.329 e. The number of anilines is 1. The molecule has 0 aliphatic carbocycles. The van der Waals surface area contributed by atoms with Gasteiger partial charge in [-0.25, -0.2) is 4.79 Å². The van der Waals surface area contributed by atoms with Gasteiger partial charge in [0.1, 0.15) is 6.04 Å².